The van der Waals surface area contributed by atoms with Gasteiger partial charge in [0.05, 0.1) is 0 Å². The molecule has 340 valence electrons. The number of hydrogen-bond donors (Lipinski definition) is 4. The van der Waals surface area contributed by atoms with E-state index in [1.807, 2.05) is 109 Å². The van der Waals surface area contributed by atoms with Crippen LogP contribution < -0.4 is 21.3 Å². The van der Waals surface area contributed by atoms with Crippen LogP contribution in [0.3, 0.4) is 0 Å². The summed E-state index contributed by atoms with van der Waals surface area (Å²) in [5, 5.41) is 11.0. The van der Waals surface area contributed by atoms with Crippen LogP contribution in [0.25, 0.3) is 11.1 Å². The first-order valence-electron chi connectivity index (χ1n) is 21.8. The van der Waals surface area contributed by atoms with Crippen LogP contribution in [0, 0.1) is 0 Å². The normalized spacial score (nSPS) is 13.2. The zero-order valence-corrected chi connectivity index (χ0v) is 37.1. The molecular weight excluding hydrogens is 817 g/mol. The lowest BCUT2D eigenvalue weighted by Gasteiger charge is -2.25. The van der Waals surface area contributed by atoms with Crippen molar-refractivity contribution in [3.8, 4) is 11.1 Å². The van der Waals surface area contributed by atoms with Crippen LogP contribution in [-0.2, 0) is 51.3 Å². The highest BCUT2D eigenvalue weighted by Gasteiger charge is 2.31. The molecule has 0 radical (unpaired) electrons. The molecule has 0 fully saturated rings. The summed E-state index contributed by atoms with van der Waals surface area (Å²) >= 11 is 0. The van der Waals surface area contributed by atoms with Gasteiger partial charge in [0.1, 0.15) is 37.5 Å². The Bertz CT molecular complexity index is 2130. The van der Waals surface area contributed by atoms with Gasteiger partial charge in [0.15, 0.2) is 0 Å². The summed E-state index contributed by atoms with van der Waals surface area (Å²) in [6.07, 6.45) is -0.480. The van der Waals surface area contributed by atoms with E-state index < -0.39 is 59.7 Å². The number of ether oxygens (including phenoxy) is 4. The van der Waals surface area contributed by atoms with Crippen LogP contribution in [0.15, 0.2) is 109 Å². The average Bonchev–Trinajstić information content (AvgIpc) is 3.60. The second kappa shape index (κ2) is 24.2. The minimum absolute atomic E-state index is 0.0157. The maximum Gasteiger partial charge on any atom is 0.407 e. The Morgan fingerprint density at radius 2 is 1.06 bits per heavy atom. The average molecular weight is 877 g/mol. The molecule has 14 heteroatoms. The Morgan fingerprint density at radius 1 is 0.562 bits per heavy atom. The molecule has 4 aromatic carbocycles. The van der Waals surface area contributed by atoms with Crippen molar-refractivity contribution < 1.29 is 47.7 Å². The molecule has 0 heterocycles. The second-order valence-electron chi connectivity index (χ2n) is 16.8. The fraction of sp³-hybridized carbons (Fsp3) is 0.400. The highest BCUT2D eigenvalue weighted by atomic mass is 16.6. The SMILES string of the molecule is CC(CCC(=O)OCc1ccccc1)NC(=O)C(CCC(=O)OCc1ccccc1)NC(=O)C(CCCCNC(=O)OC(C)(C)C)NC(=O)OCC1c2ccccc2-c2ccccc21. The molecule has 0 bridgehead atoms. The van der Waals surface area contributed by atoms with Crippen molar-refractivity contribution in [1.29, 1.82) is 0 Å². The van der Waals surface area contributed by atoms with E-state index in [9.17, 15) is 28.8 Å². The number of alkyl carbamates (subject to hydrolysis) is 2. The van der Waals surface area contributed by atoms with Gasteiger partial charge < -0.3 is 40.2 Å². The molecule has 4 amide bonds. The first-order chi connectivity index (χ1) is 30.8. The highest BCUT2D eigenvalue weighted by Crippen LogP contribution is 2.44. The number of rotatable bonds is 22. The van der Waals surface area contributed by atoms with Crippen LogP contribution in [0.2, 0.25) is 0 Å². The number of amides is 4. The van der Waals surface area contributed by atoms with E-state index in [0.717, 1.165) is 33.4 Å². The van der Waals surface area contributed by atoms with Crippen LogP contribution in [0.1, 0.15) is 101 Å². The molecule has 1 aliphatic rings. The molecule has 0 spiro atoms. The number of nitrogens with one attached hydrogen (secondary N) is 4. The maximum absolute atomic E-state index is 14.1. The Kier molecular flexibility index (Phi) is 18.3. The van der Waals surface area contributed by atoms with Gasteiger partial charge in [0.2, 0.25) is 11.8 Å². The summed E-state index contributed by atoms with van der Waals surface area (Å²) < 4.78 is 21.9. The summed E-state index contributed by atoms with van der Waals surface area (Å²) in [7, 11) is 0. The van der Waals surface area contributed by atoms with Crippen LogP contribution >= 0.6 is 0 Å². The first kappa shape index (κ1) is 48.3. The van der Waals surface area contributed by atoms with E-state index in [1.165, 1.54) is 0 Å². The molecule has 1 aliphatic carbocycles. The topological polar surface area (TPSA) is 187 Å². The van der Waals surface area contributed by atoms with Gasteiger partial charge in [0, 0.05) is 31.3 Å². The van der Waals surface area contributed by atoms with Gasteiger partial charge in [-0.2, -0.15) is 0 Å². The van der Waals surface area contributed by atoms with Crippen LogP contribution in [0.5, 0.6) is 0 Å². The third kappa shape index (κ3) is 15.9. The van der Waals surface area contributed by atoms with Gasteiger partial charge in [0.25, 0.3) is 0 Å². The van der Waals surface area contributed by atoms with Crippen LogP contribution in [-0.4, -0.2) is 72.8 Å². The minimum Gasteiger partial charge on any atom is -0.461 e. The van der Waals surface area contributed by atoms with Crippen molar-refractivity contribution in [2.75, 3.05) is 13.2 Å². The predicted octanol–water partition coefficient (Wildman–Crippen LogP) is 7.63. The van der Waals surface area contributed by atoms with E-state index in [0.29, 0.717) is 12.8 Å². The fourth-order valence-electron chi connectivity index (χ4n) is 7.20. The van der Waals surface area contributed by atoms with Crippen molar-refractivity contribution >= 4 is 35.9 Å². The summed E-state index contributed by atoms with van der Waals surface area (Å²) in [4.78, 5) is 79.1. The third-order valence-electron chi connectivity index (χ3n) is 10.5. The zero-order valence-electron chi connectivity index (χ0n) is 37.1. The summed E-state index contributed by atoms with van der Waals surface area (Å²) in [5.74, 6) is -2.48. The lowest BCUT2D eigenvalue weighted by atomic mass is 9.98. The molecule has 3 unspecified atom stereocenters. The van der Waals surface area contributed by atoms with E-state index >= 15 is 0 Å². The first-order valence-corrected chi connectivity index (χ1v) is 21.8. The lowest BCUT2D eigenvalue weighted by Crippen LogP contribution is -2.55. The van der Waals surface area contributed by atoms with Gasteiger partial charge in [-0.05, 0) is 93.2 Å². The van der Waals surface area contributed by atoms with E-state index in [-0.39, 0.29) is 64.4 Å². The zero-order chi connectivity index (χ0) is 45.9. The van der Waals surface area contributed by atoms with Crippen molar-refractivity contribution in [2.45, 2.75) is 115 Å². The molecule has 0 aliphatic heterocycles. The number of hydrogen-bond acceptors (Lipinski definition) is 10. The number of fused-ring (bicyclic) bond motifs is 3. The van der Waals surface area contributed by atoms with Crippen LogP contribution in [0.4, 0.5) is 9.59 Å². The minimum atomic E-state index is -1.22. The van der Waals surface area contributed by atoms with Gasteiger partial charge in [-0.25, -0.2) is 9.59 Å². The quantitative estimate of drug-likeness (QED) is 0.0348. The predicted molar refractivity (Wildman–Crippen MR) is 241 cm³/mol. The smallest absolute Gasteiger partial charge is 0.407 e. The van der Waals surface area contributed by atoms with E-state index in [4.69, 9.17) is 18.9 Å². The number of carbonyl (C=O) groups is 6. The Morgan fingerprint density at radius 3 is 1.62 bits per heavy atom. The molecule has 64 heavy (non-hydrogen) atoms. The Hall–Kier alpha value is -6.70. The van der Waals surface area contributed by atoms with Gasteiger partial charge in [-0.15, -0.1) is 0 Å². The molecule has 3 atom stereocenters. The molecule has 14 nitrogen and oxygen atoms in total. The maximum atomic E-state index is 14.1. The molecule has 4 aromatic rings. The summed E-state index contributed by atoms with van der Waals surface area (Å²) in [6, 6.07) is 31.4. The monoisotopic (exact) mass is 876 g/mol. The number of carbonyl (C=O) groups excluding carboxylic acids is 6. The number of benzene rings is 4. The molecule has 0 saturated carbocycles. The van der Waals surface area contributed by atoms with Crippen molar-refractivity contribution in [1.82, 2.24) is 21.3 Å². The molecule has 4 N–H and O–H groups in total. The van der Waals surface area contributed by atoms with Crippen molar-refractivity contribution in [2.24, 2.45) is 0 Å². The van der Waals surface area contributed by atoms with Gasteiger partial charge in [-0.3, -0.25) is 19.2 Å². The molecule has 5 rings (SSSR count). The Labute approximate surface area is 375 Å². The Balaban J connectivity index is 1.23. The largest absolute Gasteiger partial charge is 0.461 e. The number of unbranched alkanes of at least 4 members (excludes halogenated alkanes) is 1. The van der Waals surface area contributed by atoms with E-state index in [2.05, 4.69) is 21.3 Å². The summed E-state index contributed by atoms with van der Waals surface area (Å²) in [5.41, 5.74) is 5.15. The second-order valence-corrected chi connectivity index (χ2v) is 16.8. The summed E-state index contributed by atoms with van der Waals surface area (Å²) in [6.45, 7) is 7.44. The highest BCUT2D eigenvalue weighted by molar-refractivity contribution is 5.91. The fourth-order valence-corrected chi connectivity index (χ4v) is 7.20. The van der Waals surface area contributed by atoms with Crippen molar-refractivity contribution in [3.05, 3.63) is 131 Å². The number of esters is 2. The molecule has 0 aromatic heterocycles. The van der Waals surface area contributed by atoms with Gasteiger partial charge >= 0.3 is 24.1 Å². The van der Waals surface area contributed by atoms with Gasteiger partial charge in [-0.1, -0.05) is 109 Å². The van der Waals surface area contributed by atoms with E-state index in [1.54, 1.807) is 27.7 Å². The molecule has 0 saturated heterocycles. The molecular formula is C50H60N4O10. The van der Waals surface area contributed by atoms with Crippen molar-refractivity contribution in [3.63, 3.8) is 0 Å². The lowest BCUT2D eigenvalue weighted by molar-refractivity contribution is -0.146. The third-order valence-corrected chi connectivity index (χ3v) is 10.5. The standard InChI is InChI=1S/C50H60N4O10/c1-34(26-28-44(55)61-31-35-17-7-5-8-18-35)52-46(57)43(27-29-45(56)62-32-36-19-9-6-10-20-36)53-47(58)42(25-15-16-30-51-48(59)64-50(2,3)4)54-49(60)63-33-41-39-23-13-11-21-37(39)38-22-12-14-24-40(38)41/h5-14,17-24,34,41-43H,15-16,25-33H2,1-4H3,(H,51,59)(H,52,57)(H,53,58)(H,54,60).